The fourth-order valence-electron chi connectivity index (χ4n) is 3.07. The molecule has 4 nitrogen and oxygen atoms in total. The summed E-state index contributed by atoms with van der Waals surface area (Å²) < 4.78 is 5.74. The van der Waals surface area contributed by atoms with E-state index in [1.807, 2.05) is 6.07 Å². The van der Waals surface area contributed by atoms with Crippen LogP contribution in [-0.4, -0.2) is 23.6 Å². The maximum absolute atomic E-state index is 11.6. The van der Waals surface area contributed by atoms with Gasteiger partial charge < -0.3 is 10.5 Å². The molecule has 2 N–H and O–H groups in total. The molecule has 4 heteroatoms. The molecular formula is C15H20N2O2. The number of fused-ring (bicyclic) bond motifs is 1. The molecule has 0 saturated carbocycles. The van der Waals surface area contributed by atoms with Gasteiger partial charge in [-0.2, -0.15) is 0 Å². The van der Waals surface area contributed by atoms with Gasteiger partial charge in [-0.25, -0.2) is 0 Å². The van der Waals surface area contributed by atoms with Crippen molar-refractivity contribution in [2.75, 3.05) is 6.61 Å². The highest BCUT2D eigenvalue weighted by Crippen LogP contribution is 2.25. The zero-order valence-corrected chi connectivity index (χ0v) is 11.2. The van der Waals surface area contributed by atoms with E-state index in [9.17, 15) is 4.79 Å². The Labute approximate surface area is 113 Å². The molecule has 0 radical (unpaired) electrons. The van der Waals surface area contributed by atoms with Crippen LogP contribution in [0.1, 0.15) is 53.0 Å². The van der Waals surface area contributed by atoms with E-state index in [4.69, 9.17) is 10.5 Å². The molecule has 1 fully saturated rings. The van der Waals surface area contributed by atoms with Crippen LogP contribution in [-0.2, 0) is 24.0 Å². The van der Waals surface area contributed by atoms with Crippen LogP contribution in [0, 0.1) is 0 Å². The van der Waals surface area contributed by atoms with Crippen LogP contribution in [0.3, 0.4) is 0 Å². The van der Waals surface area contributed by atoms with Crippen molar-refractivity contribution >= 4 is 5.91 Å². The highest BCUT2D eigenvalue weighted by atomic mass is 16.5. The van der Waals surface area contributed by atoms with Crippen molar-refractivity contribution in [1.82, 2.24) is 4.98 Å². The minimum atomic E-state index is -0.368. The third-order valence-electron chi connectivity index (χ3n) is 4.09. The fourth-order valence-corrected chi connectivity index (χ4v) is 3.07. The van der Waals surface area contributed by atoms with E-state index in [0.29, 0.717) is 12.0 Å². The Morgan fingerprint density at radius 1 is 1.37 bits per heavy atom. The van der Waals surface area contributed by atoms with Crippen LogP contribution in [0.4, 0.5) is 0 Å². The number of ether oxygens (including phenoxy) is 1. The molecule has 2 heterocycles. The van der Waals surface area contributed by atoms with Crippen LogP contribution in [0.2, 0.25) is 0 Å². The van der Waals surface area contributed by atoms with E-state index in [0.717, 1.165) is 50.1 Å². The molecule has 1 aromatic rings. The van der Waals surface area contributed by atoms with E-state index in [2.05, 4.69) is 4.98 Å². The number of primary amides is 1. The molecule has 1 aromatic heterocycles. The van der Waals surface area contributed by atoms with Gasteiger partial charge in [-0.05, 0) is 50.2 Å². The molecule has 1 aliphatic heterocycles. The Morgan fingerprint density at radius 2 is 2.26 bits per heavy atom. The second-order valence-corrected chi connectivity index (χ2v) is 5.50. The average molecular weight is 260 g/mol. The number of hydrogen-bond acceptors (Lipinski definition) is 3. The van der Waals surface area contributed by atoms with Crippen LogP contribution in [0.5, 0.6) is 0 Å². The lowest BCUT2D eigenvalue weighted by molar-refractivity contribution is 0.0161. The maximum Gasteiger partial charge on any atom is 0.250 e. The lowest BCUT2D eigenvalue weighted by atomic mass is 9.99. The van der Waals surface area contributed by atoms with Gasteiger partial charge in [0.05, 0.1) is 17.4 Å². The minimum Gasteiger partial charge on any atom is -0.378 e. The average Bonchev–Trinajstić information content (AvgIpc) is 2.86. The summed E-state index contributed by atoms with van der Waals surface area (Å²) in [6.45, 7) is 0.821. The maximum atomic E-state index is 11.6. The quantitative estimate of drug-likeness (QED) is 0.901. The summed E-state index contributed by atoms with van der Waals surface area (Å²) in [6, 6.07) is 1.95. The highest BCUT2D eigenvalue weighted by Gasteiger charge is 2.22. The molecule has 1 aliphatic carbocycles. The van der Waals surface area contributed by atoms with Crippen molar-refractivity contribution in [1.29, 1.82) is 0 Å². The van der Waals surface area contributed by atoms with Gasteiger partial charge in [-0.1, -0.05) is 0 Å². The molecule has 3 rings (SSSR count). The summed E-state index contributed by atoms with van der Waals surface area (Å²) in [5.74, 6) is -0.368. The van der Waals surface area contributed by atoms with Crippen molar-refractivity contribution in [3.05, 3.63) is 28.6 Å². The fraction of sp³-hybridized carbons (Fsp3) is 0.600. The van der Waals surface area contributed by atoms with Crippen LogP contribution < -0.4 is 5.73 Å². The SMILES string of the molecule is NC(=O)c1cc2c(nc1C[C@@H]1CCCCO1)CCC2. The monoisotopic (exact) mass is 260 g/mol. The van der Waals surface area contributed by atoms with E-state index >= 15 is 0 Å². The molecule has 102 valence electrons. The summed E-state index contributed by atoms with van der Waals surface area (Å²) in [7, 11) is 0. The number of aromatic nitrogens is 1. The zero-order valence-electron chi connectivity index (χ0n) is 11.2. The Hall–Kier alpha value is -1.42. The van der Waals surface area contributed by atoms with Gasteiger partial charge in [-0.15, -0.1) is 0 Å². The van der Waals surface area contributed by atoms with Crippen LogP contribution >= 0.6 is 0 Å². The second-order valence-electron chi connectivity index (χ2n) is 5.50. The number of nitrogens with two attached hydrogens (primary N) is 1. The van der Waals surface area contributed by atoms with Crippen molar-refractivity contribution in [2.45, 2.75) is 51.0 Å². The first kappa shape index (κ1) is 12.6. The Balaban J connectivity index is 1.87. The molecule has 19 heavy (non-hydrogen) atoms. The number of nitrogens with zero attached hydrogens (tertiary/aromatic N) is 1. The van der Waals surface area contributed by atoms with Crippen molar-refractivity contribution in [3.8, 4) is 0 Å². The summed E-state index contributed by atoms with van der Waals surface area (Å²) in [5.41, 5.74) is 9.27. The van der Waals surface area contributed by atoms with E-state index < -0.39 is 0 Å². The standard InChI is InChI=1S/C15H20N2O2/c16-15(18)12-8-10-4-3-6-13(10)17-14(12)9-11-5-1-2-7-19-11/h8,11H,1-7,9H2,(H2,16,18)/t11-/m0/s1. The van der Waals surface area contributed by atoms with E-state index in [-0.39, 0.29) is 12.0 Å². The topological polar surface area (TPSA) is 65.2 Å². The van der Waals surface area contributed by atoms with E-state index in [1.54, 1.807) is 0 Å². The van der Waals surface area contributed by atoms with Gasteiger partial charge >= 0.3 is 0 Å². The highest BCUT2D eigenvalue weighted by molar-refractivity contribution is 5.94. The number of hydrogen-bond donors (Lipinski definition) is 1. The Kier molecular flexibility index (Phi) is 3.51. The van der Waals surface area contributed by atoms with Crippen molar-refractivity contribution in [2.24, 2.45) is 5.73 Å². The van der Waals surface area contributed by atoms with Crippen LogP contribution in [0.25, 0.3) is 0 Å². The molecular weight excluding hydrogens is 240 g/mol. The molecule has 2 aliphatic rings. The molecule has 0 unspecified atom stereocenters. The van der Waals surface area contributed by atoms with Crippen molar-refractivity contribution < 1.29 is 9.53 Å². The van der Waals surface area contributed by atoms with Gasteiger partial charge in [0.1, 0.15) is 0 Å². The second kappa shape index (κ2) is 5.29. The third-order valence-corrected chi connectivity index (χ3v) is 4.09. The predicted molar refractivity (Wildman–Crippen MR) is 72.1 cm³/mol. The van der Waals surface area contributed by atoms with Crippen molar-refractivity contribution in [3.63, 3.8) is 0 Å². The zero-order chi connectivity index (χ0) is 13.2. The summed E-state index contributed by atoms with van der Waals surface area (Å²) >= 11 is 0. The molecule has 0 spiro atoms. The van der Waals surface area contributed by atoms with Gasteiger partial charge in [0.15, 0.2) is 0 Å². The minimum absolute atomic E-state index is 0.193. The number of carbonyl (C=O) groups is 1. The molecule has 0 aromatic carbocycles. The molecule has 0 bridgehead atoms. The third kappa shape index (κ3) is 2.63. The largest absolute Gasteiger partial charge is 0.378 e. The van der Waals surface area contributed by atoms with Gasteiger partial charge in [0, 0.05) is 18.7 Å². The van der Waals surface area contributed by atoms with E-state index in [1.165, 1.54) is 12.0 Å². The summed E-state index contributed by atoms with van der Waals surface area (Å²) in [5, 5.41) is 0. The number of rotatable bonds is 3. The lowest BCUT2D eigenvalue weighted by Gasteiger charge is -2.23. The van der Waals surface area contributed by atoms with Gasteiger partial charge in [-0.3, -0.25) is 9.78 Å². The Bertz CT molecular complexity index is 493. The number of aryl methyl sites for hydroxylation is 2. The van der Waals surface area contributed by atoms with Gasteiger partial charge in [0.25, 0.3) is 5.91 Å². The number of carbonyl (C=O) groups excluding carboxylic acids is 1. The Morgan fingerprint density at radius 3 is 3.00 bits per heavy atom. The normalized spacial score (nSPS) is 22.2. The first-order chi connectivity index (χ1) is 9.24. The number of pyridine rings is 1. The first-order valence-corrected chi connectivity index (χ1v) is 7.17. The predicted octanol–water partition coefficient (Wildman–Crippen LogP) is 1.78. The van der Waals surface area contributed by atoms with Gasteiger partial charge in [0.2, 0.25) is 0 Å². The molecule has 1 amide bonds. The lowest BCUT2D eigenvalue weighted by Crippen LogP contribution is -2.25. The molecule has 1 atom stereocenters. The summed E-state index contributed by atoms with van der Waals surface area (Å²) in [6.07, 6.45) is 7.46. The molecule has 1 saturated heterocycles. The first-order valence-electron chi connectivity index (χ1n) is 7.17. The smallest absolute Gasteiger partial charge is 0.250 e. The van der Waals surface area contributed by atoms with Crippen LogP contribution in [0.15, 0.2) is 6.07 Å². The number of amides is 1. The summed E-state index contributed by atoms with van der Waals surface area (Å²) in [4.78, 5) is 16.3.